The van der Waals surface area contributed by atoms with Gasteiger partial charge in [-0.05, 0) is 24.0 Å². The van der Waals surface area contributed by atoms with Crippen molar-refractivity contribution in [3.8, 4) is 0 Å². The average molecular weight is 217 g/mol. The van der Waals surface area contributed by atoms with Crippen molar-refractivity contribution in [2.24, 2.45) is 0 Å². The highest BCUT2D eigenvalue weighted by Gasteiger charge is 2.33. The van der Waals surface area contributed by atoms with Gasteiger partial charge in [-0.1, -0.05) is 51.0 Å². The molecule has 1 aromatic rings. The smallest absolute Gasteiger partial charge is 0.0208 e. The van der Waals surface area contributed by atoms with E-state index in [0.29, 0.717) is 5.41 Å². The summed E-state index contributed by atoms with van der Waals surface area (Å²) in [7, 11) is 0. The first kappa shape index (κ1) is 11.7. The van der Waals surface area contributed by atoms with E-state index < -0.39 is 0 Å². The van der Waals surface area contributed by atoms with Gasteiger partial charge in [-0.15, -0.1) is 0 Å². The van der Waals surface area contributed by atoms with Crippen molar-refractivity contribution in [3.05, 3.63) is 35.4 Å². The summed E-state index contributed by atoms with van der Waals surface area (Å²) in [5.41, 5.74) is 3.50. The van der Waals surface area contributed by atoms with Gasteiger partial charge in [-0.2, -0.15) is 0 Å². The number of unbranched alkanes of at least 4 members (excludes halogenated alkanes) is 1. The van der Waals surface area contributed by atoms with Gasteiger partial charge in [0.1, 0.15) is 0 Å². The van der Waals surface area contributed by atoms with Crippen LogP contribution in [0.5, 0.6) is 0 Å². The Bertz CT molecular complexity index is 345. The Kier molecular flexibility index (Phi) is 3.65. The monoisotopic (exact) mass is 217 g/mol. The molecule has 2 rings (SSSR count). The molecule has 1 aliphatic rings. The lowest BCUT2D eigenvalue weighted by Gasteiger charge is -2.39. The molecule has 1 nitrogen and oxygen atoms in total. The molecule has 1 atom stereocenters. The zero-order valence-corrected chi connectivity index (χ0v) is 10.6. The Morgan fingerprint density at radius 2 is 2.06 bits per heavy atom. The van der Waals surface area contributed by atoms with E-state index in [1.165, 1.54) is 31.2 Å². The highest BCUT2D eigenvalue weighted by Crippen LogP contribution is 2.37. The minimum Gasteiger partial charge on any atom is -0.312 e. The molecule has 0 saturated carbocycles. The summed E-state index contributed by atoms with van der Waals surface area (Å²) in [4.78, 5) is 0. The molecule has 1 heterocycles. The number of rotatable bonds is 4. The van der Waals surface area contributed by atoms with Crippen LogP contribution in [0.2, 0.25) is 0 Å². The Hall–Kier alpha value is -0.820. The van der Waals surface area contributed by atoms with Crippen LogP contribution in [0, 0.1) is 0 Å². The first-order valence-electron chi connectivity index (χ1n) is 6.61. The molecule has 0 aliphatic carbocycles. The molecule has 1 N–H and O–H groups in total. The summed E-state index contributed by atoms with van der Waals surface area (Å²) in [5, 5.41) is 3.59. The largest absolute Gasteiger partial charge is 0.312 e. The summed E-state index contributed by atoms with van der Waals surface area (Å²) in [6, 6.07) is 8.97. The molecule has 0 aromatic heterocycles. The van der Waals surface area contributed by atoms with E-state index >= 15 is 0 Å². The molecule has 1 aliphatic heterocycles. The molecule has 0 spiro atoms. The highest BCUT2D eigenvalue weighted by molar-refractivity contribution is 5.36. The minimum absolute atomic E-state index is 0.394. The maximum absolute atomic E-state index is 3.59. The fraction of sp³-hybridized carbons (Fsp3) is 0.600. The SMILES string of the molecule is CCCCC1(CC)CNCc2ccccc21. The molecule has 1 aromatic carbocycles. The van der Waals surface area contributed by atoms with Gasteiger partial charge in [0, 0.05) is 18.5 Å². The number of hydrogen-bond acceptors (Lipinski definition) is 1. The Balaban J connectivity index is 2.33. The van der Waals surface area contributed by atoms with Gasteiger partial charge in [-0.3, -0.25) is 0 Å². The van der Waals surface area contributed by atoms with E-state index in [1.807, 2.05) is 0 Å². The second kappa shape index (κ2) is 5.01. The minimum atomic E-state index is 0.394. The van der Waals surface area contributed by atoms with Gasteiger partial charge >= 0.3 is 0 Å². The average Bonchev–Trinajstić information content (AvgIpc) is 2.36. The molecule has 0 bridgehead atoms. The Morgan fingerprint density at radius 3 is 2.81 bits per heavy atom. The highest BCUT2D eigenvalue weighted by atomic mass is 14.9. The van der Waals surface area contributed by atoms with E-state index in [4.69, 9.17) is 0 Å². The molecular formula is C15H23N. The van der Waals surface area contributed by atoms with Gasteiger partial charge in [0.25, 0.3) is 0 Å². The lowest BCUT2D eigenvalue weighted by Crippen LogP contribution is -2.42. The third kappa shape index (κ3) is 2.01. The summed E-state index contributed by atoms with van der Waals surface area (Å²) in [5.74, 6) is 0. The third-order valence-corrected chi connectivity index (χ3v) is 4.05. The van der Waals surface area contributed by atoms with Gasteiger partial charge < -0.3 is 5.32 Å². The summed E-state index contributed by atoms with van der Waals surface area (Å²) in [6.45, 7) is 6.82. The van der Waals surface area contributed by atoms with Crippen molar-refractivity contribution in [2.75, 3.05) is 6.54 Å². The molecule has 0 radical (unpaired) electrons. The predicted molar refractivity (Wildman–Crippen MR) is 69.6 cm³/mol. The van der Waals surface area contributed by atoms with Crippen molar-refractivity contribution >= 4 is 0 Å². The number of fused-ring (bicyclic) bond motifs is 1. The normalized spacial score (nSPS) is 24.1. The molecule has 0 fully saturated rings. The lowest BCUT2D eigenvalue weighted by molar-refractivity contribution is 0.323. The van der Waals surface area contributed by atoms with Gasteiger partial charge in [0.05, 0.1) is 0 Å². The van der Waals surface area contributed by atoms with Crippen LogP contribution in [-0.2, 0) is 12.0 Å². The van der Waals surface area contributed by atoms with E-state index in [-0.39, 0.29) is 0 Å². The van der Waals surface area contributed by atoms with E-state index in [9.17, 15) is 0 Å². The second-order valence-corrected chi connectivity index (χ2v) is 5.00. The summed E-state index contributed by atoms with van der Waals surface area (Å²) >= 11 is 0. The van der Waals surface area contributed by atoms with E-state index in [1.54, 1.807) is 5.56 Å². The van der Waals surface area contributed by atoms with Crippen molar-refractivity contribution in [2.45, 2.75) is 51.5 Å². The molecule has 88 valence electrons. The van der Waals surface area contributed by atoms with Crippen LogP contribution in [0.25, 0.3) is 0 Å². The molecular weight excluding hydrogens is 194 g/mol. The maximum atomic E-state index is 3.59. The number of benzene rings is 1. The van der Waals surface area contributed by atoms with Crippen LogP contribution < -0.4 is 5.32 Å². The molecule has 1 unspecified atom stereocenters. The van der Waals surface area contributed by atoms with E-state index in [0.717, 1.165) is 13.1 Å². The summed E-state index contributed by atoms with van der Waals surface area (Å²) in [6.07, 6.45) is 5.20. The van der Waals surface area contributed by atoms with Crippen molar-refractivity contribution in [1.29, 1.82) is 0 Å². The fourth-order valence-electron chi connectivity index (χ4n) is 2.95. The van der Waals surface area contributed by atoms with Crippen LogP contribution >= 0.6 is 0 Å². The zero-order chi connectivity index (χ0) is 11.4. The van der Waals surface area contributed by atoms with Crippen LogP contribution in [0.3, 0.4) is 0 Å². The van der Waals surface area contributed by atoms with Crippen molar-refractivity contribution in [3.63, 3.8) is 0 Å². The predicted octanol–water partition coefficient (Wildman–Crippen LogP) is 3.63. The lowest BCUT2D eigenvalue weighted by atomic mass is 9.71. The van der Waals surface area contributed by atoms with Crippen molar-refractivity contribution in [1.82, 2.24) is 5.32 Å². The summed E-state index contributed by atoms with van der Waals surface area (Å²) < 4.78 is 0. The van der Waals surface area contributed by atoms with Gasteiger partial charge in [0.2, 0.25) is 0 Å². The second-order valence-electron chi connectivity index (χ2n) is 5.00. The standard InChI is InChI=1S/C15H23N/c1-3-5-10-15(4-2)12-16-11-13-8-6-7-9-14(13)15/h6-9,16H,3-5,10-12H2,1-2H3. The fourth-order valence-corrected chi connectivity index (χ4v) is 2.95. The molecule has 0 amide bonds. The zero-order valence-electron chi connectivity index (χ0n) is 10.6. The molecule has 1 heteroatoms. The topological polar surface area (TPSA) is 12.0 Å². The maximum Gasteiger partial charge on any atom is 0.0208 e. The van der Waals surface area contributed by atoms with Crippen LogP contribution in [0.1, 0.15) is 50.7 Å². The molecule has 0 saturated heterocycles. The van der Waals surface area contributed by atoms with Gasteiger partial charge in [-0.25, -0.2) is 0 Å². The Labute approximate surface area is 99.3 Å². The van der Waals surface area contributed by atoms with Gasteiger partial charge in [0.15, 0.2) is 0 Å². The first-order valence-corrected chi connectivity index (χ1v) is 6.61. The number of hydrogen-bond donors (Lipinski definition) is 1. The first-order chi connectivity index (χ1) is 7.82. The number of nitrogens with one attached hydrogen (secondary N) is 1. The van der Waals surface area contributed by atoms with Crippen molar-refractivity contribution < 1.29 is 0 Å². The third-order valence-electron chi connectivity index (χ3n) is 4.05. The van der Waals surface area contributed by atoms with Crippen LogP contribution in [0.15, 0.2) is 24.3 Å². The van der Waals surface area contributed by atoms with E-state index in [2.05, 4.69) is 43.4 Å². The molecule has 16 heavy (non-hydrogen) atoms. The van der Waals surface area contributed by atoms with Crippen LogP contribution in [0.4, 0.5) is 0 Å². The quantitative estimate of drug-likeness (QED) is 0.812. The van der Waals surface area contributed by atoms with Crippen LogP contribution in [-0.4, -0.2) is 6.54 Å². The Morgan fingerprint density at radius 1 is 1.25 bits per heavy atom.